The van der Waals surface area contributed by atoms with Gasteiger partial charge in [-0.15, -0.1) is 0 Å². The number of nitrogens with zero attached hydrogens (tertiary/aromatic N) is 2. The minimum Gasteiger partial charge on any atom is -0.324 e. The van der Waals surface area contributed by atoms with Crippen molar-refractivity contribution in [3.8, 4) is 0 Å². The topological polar surface area (TPSA) is 79.4 Å². The fourth-order valence-corrected chi connectivity index (χ4v) is 5.37. The zero-order chi connectivity index (χ0) is 23.6. The van der Waals surface area contributed by atoms with Gasteiger partial charge in [0, 0.05) is 28.9 Å². The number of nitrogens with one attached hydrogen (secondary N) is 1. The Hall–Kier alpha value is -3.78. The van der Waals surface area contributed by atoms with Crippen LogP contribution >= 0.6 is 0 Å². The number of hydrogen-bond acceptors (Lipinski definition) is 4. The third-order valence-electron chi connectivity index (χ3n) is 5.12. The number of carbonyl (C=O) groups excluding carboxylic acids is 1. The van der Waals surface area contributed by atoms with Gasteiger partial charge in [-0.1, -0.05) is 18.2 Å². The van der Waals surface area contributed by atoms with Crippen molar-refractivity contribution in [1.29, 1.82) is 0 Å². The molecule has 3 aromatic carbocycles. The molecule has 0 aliphatic carbocycles. The summed E-state index contributed by atoms with van der Waals surface area (Å²) in [6.07, 6.45) is 3.08. The Bertz CT molecular complexity index is 1410. The van der Waals surface area contributed by atoms with E-state index in [-0.39, 0.29) is 10.6 Å². The van der Waals surface area contributed by atoms with Gasteiger partial charge in [0.1, 0.15) is 12.4 Å². The lowest BCUT2D eigenvalue weighted by Gasteiger charge is -2.25. The monoisotopic (exact) mass is 463 g/mol. The molecule has 6 nitrogen and oxygen atoms in total. The number of carbonyl (C=O) groups is 1. The van der Waals surface area contributed by atoms with Gasteiger partial charge in [0.05, 0.1) is 10.6 Å². The van der Waals surface area contributed by atoms with E-state index in [1.165, 1.54) is 24.4 Å². The minimum absolute atomic E-state index is 0.0333. The number of aryl methyl sites for hydroxylation is 2. The molecule has 4 aromatic rings. The Kier molecular flexibility index (Phi) is 6.11. The first-order chi connectivity index (χ1) is 15.7. The second-order valence-electron chi connectivity index (χ2n) is 7.77. The summed E-state index contributed by atoms with van der Waals surface area (Å²) in [6.45, 7) is 3.34. The molecule has 0 saturated carbocycles. The number of aromatic nitrogens is 1. The van der Waals surface area contributed by atoms with Crippen LogP contribution in [0.5, 0.6) is 0 Å². The summed E-state index contributed by atoms with van der Waals surface area (Å²) < 4.78 is 42.1. The fraction of sp³-hybridized carbons (Fsp3) is 0.120. The summed E-state index contributed by atoms with van der Waals surface area (Å²) in [4.78, 5) is 17.0. The van der Waals surface area contributed by atoms with E-state index in [0.717, 1.165) is 27.6 Å². The third kappa shape index (κ3) is 4.85. The molecule has 33 heavy (non-hydrogen) atoms. The van der Waals surface area contributed by atoms with Gasteiger partial charge in [-0.2, -0.15) is 0 Å². The smallest absolute Gasteiger partial charge is 0.265 e. The third-order valence-corrected chi connectivity index (χ3v) is 6.95. The molecule has 8 heteroatoms. The Morgan fingerprint density at radius 2 is 1.70 bits per heavy atom. The zero-order valence-electron chi connectivity index (χ0n) is 18.1. The number of benzene rings is 3. The lowest BCUT2D eigenvalue weighted by atomic mass is 10.1. The molecular weight excluding hydrogens is 441 g/mol. The van der Waals surface area contributed by atoms with E-state index >= 15 is 0 Å². The van der Waals surface area contributed by atoms with E-state index in [0.29, 0.717) is 16.5 Å². The maximum Gasteiger partial charge on any atom is 0.265 e. The number of amides is 1. The second-order valence-corrected chi connectivity index (χ2v) is 9.60. The molecule has 168 valence electrons. The van der Waals surface area contributed by atoms with Gasteiger partial charge in [0.15, 0.2) is 0 Å². The standard InChI is InChI=1S/C25H22FN3O3S/c1-17-12-18(2)14-21(13-17)28-25(30)16-29(22-8-6-20(26)7-9-22)33(31,32)24-5-3-4-19-15-27-11-10-23(19)24/h3-15H,16H2,1-2H3,(H,28,30). The van der Waals surface area contributed by atoms with Crippen LogP contribution in [0, 0.1) is 19.7 Å². The normalized spacial score (nSPS) is 11.4. The molecule has 0 fully saturated rings. The SMILES string of the molecule is Cc1cc(C)cc(NC(=O)CN(c2ccc(F)cc2)S(=O)(=O)c2cccc3cnccc23)c1. The fourth-order valence-electron chi connectivity index (χ4n) is 3.74. The number of halogens is 1. The summed E-state index contributed by atoms with van der Waals surface area (Å²) in [5.41, 5.74) is 2.69. The van der Waals surface area contributed by atoms with Crippen LogP contribution in [0.3, 0.4) is 0 Å². The Morgan fingerprint density at radius 1 is 1.00 bits per heavy atom. The summed E-state index contributed by atoms with van der Waals surface area (Å²) >= 11 is 0. The van der Waals surface area contributed by atoms with Crippen LogP contribution in [0.25, 0.3) is 10.8 Å². The van der Waals surface area contributed by atoms with Crippen molar-refractivity contribution in [1.82, 2.24) is 4.98 Å². The number of anilines is 2. The molecule has 0 radical (unpaired) electrons. The first-order valence-corrected chi connectivity index (χ1v) is 11.7. The van der Waals surface area contributed by atoms with Gasteiger partial charge in [-0.3, -0.25) is 14.1 Å². The predicted molar refractivity (Wildman–Crippen MR) is 127 cm³/mol. The number of sulfonamides is 1. The first-order valence-electron chi connectivity index (χ1n) is 10.2. The van der Waals surface area contributed by atoms with Crippen molar-refractivity contribution in [2.45, 2.75) is 18.7 Å². The number of pyridine rings is 1. The molecule has 1 N–H and O–H groups in total. The molecule has 0 aliphatic heterocycles. The van der Waals surface area contributed by atoms with Crippen molar-refractivity contribution in [3.63, 3.8) is 0 Å². The van der Waals surface area contributed by atoms with Crippen LogP contribution in [0.4, 0.5) is 15.8 Å². The van der Waals surface area contributed by atoms with Gasteiger partial charge in [-0.05, 0) is 73.5 Å². The lowest BCUT2D eigenvalue weighted by Crippen LogP contribution is -2.38. The van der Waals surface area contributed by atoms with E-state index in [4.69, 9.17) is 0 Å². The molecule has 0 bridgehead atoms. The molecule has 0 spiro atoms. The van der Waals surface area contributed by atoms with E-state index in [2.05, 4.69) is 10.3 Å². The van der Waals surface area contributed by atoms with E-state index in [1.807, 2.05) is 19.9 Å². The molecule has 0 saturated heterocycles. The van der Waals surface area contributed by atoms with Crippen molar-refractivity contribution in [2.75, 3.05) is 16.2 Å². The Balaban J connectivity index is 1.75. The van der Waals surface area contributed by atoms with Gasteiger partial charge >= 0.3 is 0 Å². The highest BCUT2D eigenvalue weighted by Crippen LogP contribution is 2.29. The highest BCUT2D eigenvalue weighted by molar-refractivity contribution is 7.93. The number of hydrogen-bond donors (Lipinski definition) is 1. The van der Waals surface area contributed by atoms with Crippen LogP contribution in [0.1, 0.15) is 11.1 Å². The maximum absolute atomic E-state index is 13.8. The highest BCUT2D eigenvalue weighted by atomic mass is 32.2. The summed E-state index contributed by atoms with van der Waals surface area (Å²) in [6, 6.07) is 17.0. The van der Waals surface area contributed by atoms with E-state index < -0.39 is 28.3 Å². The lowest BCUT2D eigenvalue weighted by molar-refractivity contribution is -0.114. The summed E-state index contributed by atoms with van der Waals surface area (Å²) in [5, 5.41) is 3.90. The number of rotatable bonds is 6. The molecular formula is C25H22FN3O3S. The highest BCUT2D eigenvalue weighted by Gasteiger charge is 2.29. The van der Waals surface area contributed by atoms with Gasteiger partial charge < -0.3 is 5.32 Å². The van der Waals surface area contributed by atoms with Crippen LogP contribution in [0.15, 0.2) is 84.0 Å². The maximum atomic E-state index is 13.8. The van der Waals surface area contributed by atoms with Crippen LogP contribution < -0.4 is 9.62 Å². The van der Waals surface area contributed by atoms with Crippen molar-refractivity contribution in [3.05, 3.63) is 96.1 Å². The van der Waals surface area contributed by atoms with Gasteiger partial charge in [-0.25, -0.2) is 12.8 Å². The first kappa shape index (κ1) is 22.4. The average Bonchev–Trinajstić information content (AvgIpc) is 2.77. The van der Waals surface area contributed by atoms with Gasteiger partial charge in [0.25, 0.3) is 10.0 Å². The molecule has 4 rings (SSSR count). The second kappa shape index (κ2) is 8.99. The quantitative estimate of drug-likeness (QED) is 0.444. The van der Waals surface area contributed by atoms with Crippen molar-refractivity contribution >= 4 is 38.1 Å². The minimum atomic E-state index is -4.17. The predicted octanol–water partition coefficient (Wildman–Crippen LogP) is 4.82. The van der Waals surface area contributed by atoms with E-state index in [1.54, 1.807) is 36.5 Å². The van der Waals surface area contributed by atoms with Gasteiger partial charge in [0.2, 0.25) is 5.91 Å². The van der Waals surface area contributed by atoms with Crippen molar-refractivity contribution in [2.24, 2.45) is 0 Å². The van der Waals surface area contributed by atoms with E-state index in [9.17, 15) is 17.6 Å². The largest absolute Gasteiger partial charge is 0.324 e. The summed E-state index contributed by atoms with van der Waals surface area (Å²) in [7, 11) is -4.17. The zero-order valence-corrected chi connectivity index (χ0v) is 18.9. The molecule has 1 aromatic heterocycles. The molecule has 1 heterocycles. The van der Waals surface area contributed by atoms with Crippen molar-refractivity contribution < 1.29 is 17.6 Å². The molecule has 0 atom stereocenters. The van der Waals surface area contributed by atoms with Crippen LogP contribution in [0.2, 0.25) is 0 Å². The molecule has 0 aliphatic rings. The molecule has 1 amide bonds. The van der Waals surface area contributed by atoms with Crippen LogP contribution in [-0.2, 0) is 14.8 Å². The summed E-state index contributed by atoms with van der Waals surface area (Å²) in [5.74, 6) is -1.03. The Morgan fingerprint density at radius 3 is 2.39 bits per heavy atom. The Labute approximate surface area is 191 Å². The average molecular weight is 464 g/mol. The molecule has 0 unspecified atom stereocenters. The number of fused-ring (bicyclic) bond motifs is 1. The van der Waals surface area contributed by atoms with Crippen LogP contribution in [-0.4, -0.2) is 25.9 Å².